The van der Waals surface area contributed by atoms with Crippen LogP contribution in [0.2, 0.25) is 5.02 Å². The van der Waals surface area contributed by atoms with Gasteiger partial charge in [0.25, 0.3) is 0 Å². The molecule has 0 bridgehead atoms. The number of halogens is 1. The monoisotopic (exact) mass is 255 g/mol. The van der Waals surface area contributed by atoms with Gasteiger partial charge in [-0.15, -0.1) is 0 Å². The topological polar surface area (TPSA) is 44.5 Å². The van der Waals surface area contributed by atoms with Crippen molar-refractivity contribution in [2.45, 2.75) is 25.2 Å². The van der Waals surface area contributed by atoms with Gasteiger partial charge in [-0.25, -0.2) is 0 Å². The Morgan fingerprint density at radius 1 is 1.35 bits per heavy atom. The lowest BCUT2D eigenvalue weighted by Crippen LogP contribution is -2.21. The highest BCUT2D eigenvalue weighted by atomic mass is 35.5. The predicted molar refractivity (Wildman–Crippen MR) is 69.3 cm³/mol. The molecule has 2 rings (SSSR count). The smallest absolute Gasteiger partial charge is 0.179 e. The number of rotatable bonds is 4. The maximum Gasteiger partial charge on any atom is 0.179 e. The van der Waals surface area contributed by atoms with E-state index in [0.717, 1.165) is 18.4 Å². The second-order valence-electron chi connectivity index (χ2n) is 4.58. The summed E-state index contributed by atoms with van der Waals surface area (Å²) < 4.78 is 10.6. The van der Waals surface area contributed by atoms with Crippen LogP contribution in [0.4, 0.5) is 0 Å². The molecule has 0 saturated heterocycles. The SMILES string of the molecule is COc1cc(C2(CN)CC2)c(C)c(Cl)c1OC. The molecule has 0 heterocycles. The molecule has 0 radical (unpaired) electrons. The van der Waals surface area contributed by atoms with E-state index in [1.165, 1.54) is 5.56 Å². The van der Waals surface area contributed by atoms with Crippen molar-refractivity contribution in [2.24, 2.45) is 5.73 Å². The predicted octanol–water partition coefficient (Wildman–Crippen LogP) is 2.66. The first-order valence-electron chi connectivity index (χ1n) is 5.71. The molecule has 17 heavy (non-hydrogen) atoms. The molecule has 0 aromatic heterocycles. The highest BCUT2D eigenvalue weighted by Crippen LogP contribution is 2.52. The lowest BCUT2D eigenvalue weighted by atomic mass is 9.91. The molecule has 0 amide bonds. The average molecular weight is 256 g/mol. The van der Waals surface area contributed by atoms with E-state index in [2.05, 4.69) is 0 Å². The third-order valence-corrected chi connectivity index (χ3v) is 4.13. The maximum atomic E-state index is 6.33. The Balaban J connectivity index is 2.58. The molecular weight excluding hydrogens is 238 g/mol. The van der Waals surface area contributed by atoms with Crippen LogP contribution in [-0.2, 0) is 5.41 Å². The Labute approximate surface area is 107 Å². The Bertz CT molecular complexity index is 442. The van der Waals surface area contributed by atoms with Gasteiger partial charge in [-0.2, -0.15) is 0 Å². The summed E-state index contributed by atoms with van der Waals surface area (Å²) in [5.74, 6) is 1.28. The summed E-state index contributed by atoms with van der Waals surface area (Å²) >= 11 is 6.33. The molecule has 1 aromatic rings. The molecule has 1 fully saturated rings. The largest absolute Gasteiger partial charge is 0.493 e. The molecular formula is C13H18ClNO2. The minimum atomic E-state index is 0.104. The average Bonchev–Trinajstić information content (AvgIpc) is 3.13. The van der Waals surface area contributed by atoms with E-state index in [9.17, 15) is 0 Å². The summed E-state index contributed by atoms with van der Waals surface area (Å²) in [4.78, 5) is 0. The summed E-state index contributed by atoms with van der Waals surface area (Å²) in [6, 6.07) is 2.01. The van der Waals surface area contributed by atoms with Crippen molar-refractivity contribution in [2.75, 3.05) is 20.8 Å². The highest BCUT2D eigenvalue weighted by molar-refractivity contribution is 6.33. The van der Waals surface area contributed by atoms with Gasteiger partial charge in [0.05, 0.1) is 19.2 Å². The summed E-state index contributed by atoms with van der Waals surface area (Å²) in [5.41, 5.74) is 8.22. The van der Waals surface area contributed by atoms with Crippen molar-refractivity contribution in [1.82, 2.24) is 0 Å². The molecule has 1 aliphatic carbocycles. The van der Waals surface area contributed by atoms with Crippen LogP contribution in [0.25, 0.3) is 0 Å². The van der Waals surface area contributed by atoms with Crippen molar-refractivity contribution >= 4 is 11.6 Å². The number of methoxy groups -OCH3 is 2. The molecule has 1 saturated carbocycles. The molecule has 0 spiro atoms. The zero-order valence-electron chi connectivity index (χ0n) is 10.5. The van der Waals surface area contributed by atoms with Gasteiger partial charge in [0, 0.05) is 12.0 Å². The first-order chi connectivity index (χ1) is 8.09. The Kier molecular flexibility index (Phi) is 3.23. The van der Waals surface area contributed by atoms with Crippen molar-refractivity contribution in [1.29, 1.82) is 0 Å². The molecule has 1 aliphatic rings. The van der Waals surface area contributed by atoms with Crippen LogP contribution in [0.1, 0.15) is 24.0 Å². The normalized spacial score (nSPS) is 16.8. The van der Waals surface area contributed by atoms with Crippen LogP contribution >= 0.6 is 11.6 Å². The van der Waals surface area contributed by atoms with Gasteiger partial charge >= 0.3 is 0 Å². The van der Waals surface area contributed by atoms with E-state index in [1.54, 1.807) is 14.2 Å². The summed E-state index contributed by atoms with van der Waals surface area (Å²) in [7, 11) is 3.22. The van der Waals surface area contributed by atoms with Crippen LogP contribution in [0.3, 0.4) is 0 Å². The van der Waals surface area contributed by atoms with Crippen LogP contribution in [0, 0.1) is 6.92 Å². The van der Waals surface area contributed by atoms with E-state index in [1.807, 2.05) is 13.0 Å². The van der Waals surface area contributed by atoms with Gasteiger partial charge in [0.15, 0.2) is 11.5 Å². The van der Waals surface area contributed by atoms with Gasteiger partial charge in [0.1, 0.15) is 0 Å². The molecule has 0 aliphatic heterocycles. The number of nitrogens with two attached hydrogens (primary N) is 1. The highest BCUT2D eigenvalue weighted by Gasteiger charge is 2.44. The lowest BCUT2D eigenvalue weighted by molar-refractivity contribution is 0.354. The third-order valence-electron chi connectivity index (χ3n) is 3.67. The molecule has 0 unspecified atom stereocenters. The van der Waals surface area contributed by atoms with Crippen LogP contribution in [0.5, 0.6) is 11.5 Å². The zero-order valence-corrected chi connectivity index (χ0v) is 11.2. The molecule has 2 N–H and O–H groups in total. The fourth-order valence-corrected chi connectivity index (χ4v) is 2.60. The van der Waals surface area contributed by atoms with E-state index in [-0.39, 0.29) is 5.41 Å². The van der Waals surface area contributed by atoms with E-state index < -0.39 is 0 Å². The summed E-state index contributed by atoms with van der Waals surface area (Å²) in [5, 5.41) is 0.626. The van der Waals surface area contributed by atoms with E-state index >= 15 is 0 Å². The molecule has 4 heteroatoms. The second-order valence-corrected chi connectivity index (χ2v) is 4.96. The first kappa shape index (κ1) is 12.5. The minimum absolute atomic E-state index is 0.104. The summed E-state index contributed by atoms with van der Waals surface area (Å²) in [6.07, 6.45) is 2.24. The number of benzene rings is 1. The number of hydrogen-bond acceptors (Lipinski definition) is 3. The van der Waals surface area contributed by atoms with Crippen molar-refractivity contribution in [3.63, 3.8) is 0 Å². The number of ether oxygens (including phenoxy) is 2. The lowest BCUT2D eigenvalue weighted by Gasteiger charge is -2.20. The van der Waals surface area contributed by atoms with Crippen LogP contribution < -0.4 is 15.2 Å². The van der Waals surface area contributed by atoms with E-state index in [0.29, 0.717) is 23.1 Å². The molecule has 0 atom stereocenters. The van der Waals surface area contributed by atoms with E-state index in [4.69, 9.17) is 26.8 Å². The van der Waals surface area contributed by atoms with Gasteiger partial charge in [0.2, 0.25) is 0 Å². The second kappa shape index (κ2) is 4.39. The van der Waals surface area contributed by atoms with Gasteiger partial charge in [-0.05, 0) is 37.0 Å². The maximum absolute atomic E-state index is 6.33. The van der Waals surface area contributed by atoms with Crippen LogP contribution in [0.15, 0.2) is 6.07 Å². The quantitative estimate of drug-likeness (QED) is 0.900. The number of hydrogen-bond donors (Lipinski definition) is 1. The Hall–Kier alpha value is -0.930. The fraction of sp³-hybridized carbons (Fsp3) is 0.538. The fourth-order valence-electron chi connectivity index (χ4n) is 2.33. The van der Waals surface area contributed by atoms with Crippen molar-refractivity contribution < 1.29 is 9.47 Å². The third kappa shape index (κ3) is 1.87. The molecule has 3 nitrogen and oxygen atoms in total. The van der Waals surface area contributed by atoms with Gasteiger partial charge in [-0.3, -0.25) is 0 Å². The molecule has 94 valence electrons. The standard InChI is InChI=1S/C13H18ClNO2/c1-8-9(13(7-15)4-5-13)6-10(16-2)12(17-3)11(8)14/h6H,4-5,7,15H2,1-3H3. The minimum Gasteiger partial charge on any atom is -0.493 e. The molecule has 1 aromatic carbocycles. The zero-order chi connectivity index (χ0) is 12.6. The Morgan fingerprint density at radius 3 is 2.41 bits per heavy atom. The summed E-state index contributed by atoms with van der Waals surface area (Å²) in [6.45, 7) is 2.66. The van der Waals surface area contributed by atoms with Gasteiger partial charge < -0.3 is 15.2 Å². The van der Waals surface area contributed by atoms with Crippen molar-refractivity contribution in [3.05, 3.63) is 22.2 Å². The Morgan fingerprint density at radius 2 is 2.00 bits per heavy atom. The van der Waals surface area contributed by atoms with Gasteiger partial charge in [-0.1, -0.05) is 11.6 Å². The van der Waals surface area contributed by atoms with Crippen molar-refractivity contribution in [3.8, 4) is 11.5 Å². The van der Waals surface area contributed by atoms with Crippen LogP contribution in [-0.4, -0.2) is 20.8 Å². The first-order valence-corrected chi connectivity index (χ1v) is 6.09.